The first kappa shape index (κ1) is 15.9. The highest BCUT2D eigenvalue weighted by Crippen LogP contribution is 2.22. The van der Waals surface area contributed by atoms with Gasteiger partial charge in [0.25, 0.3) is 0 Å². The van der Waals surface area contributed by atoms with Crippen LogP contribution in [0.15, 0.2) is 0 Å². The number of ether oxygens (including phenoxy) is 1. The SMILES string of the molecule is CCCCCC(C)(C)CNCC(CN)OC. The van der Waals surface area contributed by atoms with Crippen LogP contribution >= 0.6 is 0 Å². The summed E-state index contributed by atoms with van der Waals surface area (Å²) in [5, 5.41) is 3.45. The van der Waals surface area contributed by atoms with E-state index in [1.807, 2.05) is 0 Å². The molecule has 3 nitrogen and oxygen atoms in total. The number of nitrogens with one attached hydrogen (secondary N) is 1. The quantitative estimate of drug-likeness (QED) is 0.565. The lowest BCUT2D eigenvalue weighted by Gasteiger charge is -2.26. The molecule has 0 radical (unpaired) electrons. The standard InChI is InChI=1S/C13H30N2O/c1-5-6-7-8-13(2,3)11-15-10-12(9-14)16-4/h12,15H,5-11,14H2,1-4H3. The minimum absolute atomic E-state index is 0.145. The van der Waals surface area contributed by atoms with E-state index in [9.17, 15) is 0 Å². The number of rotatable bonds is 10. The van der Waals surface area contributed by atoms with Crippen LogP contribution in [-0.2, 0) is 4.74 Å². The summed E-state index contributed by atoms with van der Waals surface area (Å²) < 4.78 is 5.23. The second-order valence-electron chi connectivity index (χ2n) is 5.35. The summed E-state index contributed by atoms with van der Waals surface area (Å²) in [5.74, 6) is 0. The zero-order chi connectivity index (χ0) is 12.4. The van der Waals surface area contributed by atoms with Crippen LogP contribution in [0.3, 0.4) is 0 Å². The van der Waals surface area contributed by atoms with Gasteiger partial charge in [0.05, 0.1) is 6.10 Å². The Balaban J connectivity index is 3.63. The summed E-state index contributed by atoms with van der Waals surface area (Å²) in [5.41, 5.74) is 5.94. The van der Waals surface area contributed by atoms with Gasteiger partial charge in [0, 0.05) is 26.7 Å². The molecule has 0 saturated carbocycles. The number of unbranched alkanes of at least 4 members (excludes halogenated alkanes) is 2. The third kappa shape index (κ3) is 8.08. The first-order valence-corrected chi connectivity index (χ1v) is 6.49. The molecule has 1 unspecified atom stereocenters. The van der Waals surface area contributed by atoms with Gasteiger partial charge in [0.15, 0.2) is 0 Å². The van der Waals surface area contributed by atoms with Crippen LogP contribution in [0, 0.1) is 5.41 Å². The maximum Gasteiger partial charge on any atom is 0.0817 e. The van der Waals surface area contributed by atoms with Crippen LogP contribution in [-0.4, -0.2) is 32.8 Å². The van der Waals surface area contributed by atoms with E-state index in [1.54, 1.807) is 7.11 Å². The normalized spacial score (nSPS) is 14.1. The van der Waals surface area contributed by atoms with E-state index < -0.39 is 0 Å². The Morgan fingerprint density at radius 3 is 2.50 bits per heavy atom. The molecule has 1 atom stereocenters. The van der Waals surface area contributed by atoms with Gasteiger partial charge in [-0.1, -0.05) is 40.0 Å². The minimum Gasteiger partial charge on any atom is -0.379 e. The van der Waals surface area contributed by atoms with Crippen LogP contribution < -0.4 is 11.1 Å². The molecule has 98 valence electrons. The van der Waals surface area contributed by atoms with Crippen molar-refractivity contribution in [2.24, 2.45) is 11.1 Å². The molecule has 0 heterocycles. The van der Waals surface area contributed by atoms with E-state index in [2.05, 4.69) is 26.1 Å². The lowest BCUT2D eigenvalue weighted by atomic mass is 9.87. The van der Waals surface area contributed by atoms with Crippen LogP contribution in [0.2, 0.25) is 0 Å². The van der Waals surface area contributed by atoms with E-state index in [0.717, 1.165) is 13.1 Å². The second-order valence-corrected chi connectivity index (χ2v) is 5.35. The summed E-state index contributed by atoms with van der Waals surface area (Å²) >= 11 is 0. The van der Waals surface area contributed by atoms with E-state index in [1.165, 1.54) is 25.7 Å². The first-order valence-electron chi connectivity index (χ1n) is 6.49. The molecule has 0 aliphatic carbocycles. The van der Waals surface area contributed by atoms with Crippen LogP contribution in [0.4, 0.5) is 0 Å². The molecule has 0 saturated heterocycles. The van der Waals surface area contributed by atoms with E-state index >= 15 is 0 Å². The Kier molecular flexibility index (Phi) is 8.90. The summed E-state index contributed by atoms with van der Waals surface area (Å²) in [6, 6.07) is 0. The highest BCUT2D eigenvalue weighted by molar-refractivity contribution is 4.73. The number of hydrogen-bond donors (Lipinski definition) is 2. The zero-order valence-corrected chi connectivity index (χ0v) is 11.5. The van der Waals surface area contributed by atoms with Gasteiger partial charge in [-0.25, -0.2) is 0 Å². The highest BCUT2D eigenvalue weighted by atomic mass is 16.5. The summed E-state index contributed by atoms with van der Waals surface area (Å²) in [6.07, 6.45) is 5.39. The van der Waals surface area contributed by atoms with Crippen molar-refractivity contribution >= 4 is 0 Å². The summed E-state index contributed by atoms with van der Waals surface area (Å²) in [4.78, 5) is 0. The Hall–Kier alpha value is -0.120. The fourth-order valence-electron chi connectivity index (χ4n) is 1.78. The van der Waals surface area contributed by atoms with Crippen molar-refractivity contribution in [1.29, 1.82) is 0 Å². The van der Waals surface area contributed by atoms with Crippen LogP contribution in [0.1, 0.15) is 46.5 Å². The van der Waals surface area contributed by atoms with E-state index in [0.29, 0.717) is 12.0 Å². The Labute approximate surface area is 101 Å². The van der Waals surface area contributed by atoms with Crippen LogP contribution in [0.5, 0.6) is 0 Å². The number of hydrogen-bond acceptors (Lipinski definition) is 3. The van der Waals surface area contributed by atoms with Crippen LogP contribution in [0.25, 0.3) is 0 Å². The average molecular weight is 230 g/mol. The molecule has 3 heteroatoms. The Bertz CT molecular complexity index is 156. The second kappa shape index (κ2) is 8.97. The molecule has 0 aliphatic heterocycles. The molecule has 0 aliphatic rings. The number of nitrogens with two attached hydrogens (primary N) is 1. The molecule has 0 aromatic carbocycles. The summed E-state index contributed by atoms with van der Waals surface area (Å²) in [6.45, 7) is 9.36. The monoisotopic (exact) mass is 230 g/mol. The fraction of sp³-hybridized carbons (Fsp3) is 1.00. The molecule has 0 amide bonds. The number of methoxy groups -OCH3 is 1. The first-order chi connectivity index (χ1) is 7.55. The van der Waals surface area contributed by atoms with Crippen molar-refractivity contribution in [3.05, 3.63) is 0 Å². The van der Waals surface area contributed by atoms with Gasteiger partial charge >= 0.3 is 0 Å². The Morgan fingerprint density at radius 2 is 2.00 bits per heavy atom. The third-order valence-electron chi connectivity index (χ3n) is 3.03. The largest absolute Gasteiger partial charge is 0.379 e. The van der Waals surface area contributed by atoms with Gasteiger partial charge in [0.1, 0.15) is 0 Å². The maximum atomic E-state index is 5.57. The molecule has 3 N–H and O–H groups in total. The van der Waals surface area contributed by atoms with Gasteiger partial charge < -0.3 is 15.8 Å². The van der Waals surface area contributed by atoms with E-state index in [-0.39, 0.29) is 6.10 Å². The molecule has 0 spiro atoms. The van der Waals surface area contributed by atoms with Crippen molar-refractivity contribution in [1.82, 2.24) is 5.32 Å². The smallest absolute Gasteiger partial charge is 0.0817 e. The molecule has 0 aromatic rings. The maximum absolute atomic E-state index is 5.57. The molecular weight excluding hydrogens is 200 g/mol. The molecule has 16 heavy (non-hydrogen) atoms. The average Bonchev–Trinajstić information content (AvgIpc) is 2.24. The van der Waals surface area contributed by atoms with Crippen molar-refractivity contribution in [3.8, 4) is 0 Å². The topological polar surface area (TPSA) is 47.3 Å². The van der Waals surface area contributed by atoms with Gasteiger partial charge in [-0.2, -0.15) is 0 Å². The molecular formula is C13H30N2O. The van der Waals surface area contributed by atoms with Crippen molar-refractivity contribution in [2.75, 3.05) is 26.7 Å². The minimum atomic E-state index is 0.145. The lowest BCUT2D eigenvalue weighted by Crippen LogP contribution is -2.38. The zero-order valence-electron chi connectivity index (χ0n) is 11.5. The van der Waals surface area contributed by atoms with Gasteiger partial charge in [-0.3, -0.25) is 0 Å². The van der Waals surface area contributed by atoms with Gasteiger partial charge in [-0.05, 0) is 11.8 Å². The van der Waals surface area contributed by atoms with Crippen molar-refractivity contribution in [3.63, 3.8) is 0 Å². The molecule has 0 aromatic heterocycles. The lowest BCUT2D eigenvalue weighted by molar-refractivity contribution is 0.105. The molecule has 0 rings (SSSR count). The van der Waals surface area contributed by atoms with Crippen molar-refractivity contribution in [2.45, 2.75) is 52.6 Å². The van der Waals surface area contributed by atoms with Gasteiger partial charge in [0.2, 0.25) is 0 Å². The van der Waals surface area contributed by atoms with E-state index in [4.69, 9.17) is 10.5 Å². The fourth-order valence-corrected chi connectivity index (χ4v) is 1.78. The predicted octanol–water partition coefficient (Wildman–Crippen LogP) is 2.16. The Morgan fingerprint density at radius 1 is 1.31 bits per heavy atom. The highest BCUT2D eigenvalue weighted by Gasteiger charge is 2.17. The molecule has 0 fully saturated rings. The predicted molar refractivity (Wildman–Crippen MR) is 70.6 cm³/mol. The third-order valence-corrected chi connectivity index (χ3v) is 3.03. The molecule has 0 bridgehead atoms. The van der Waals surface area contributed by atoms with Crippen molar-refractivity contribution < 1.29 is 4.74 Å². The van der Waals surface area contributed by atoms with Gasteiger partial charge in [-0.15, -0.1) is 0 Å². The summed E-state index contributed by atoms with van der Waals surface area (Å²) in [7, 11) is 1.71.